The molecule has 0 aliphatic carbocycles. The molecule has 4 rings (SSSR count). The largest absolute Gasteiger partial charge is 0.460 e. The molecule has 218 valence electrons. The summed E-state index contributed by atoms with van der Waals surface area (Å²) >= 11 is 1.10. The fourth-order valence-electron chi connectivity index (χ4n) is 4.21. The molecule has 1 aliphatic heterocycles. The van der Waals surface area contributed by atoms with Crippen LogP contribution in [-0.2, 0) is 28.8 Å². The molecule has 1 aromatic heterocycles. The zero-order valence-corrected chi connectivity index (χ0v) is 24.9. The monoisotopic (exact) mass is 600 g/mol. The van der Waals surface area contributed by atoms with Crippen LogP contribution in [0.15, 0.2) is 42.5 Å². The maximum Gasteiger partial charge on any atom is 0.315 e. The predicted octanol–water partition coefficient (Wildman–Crippen LogP) is 4.22. The lowest BCUT2D eigenvalue weighted by Crippen LogP contribution is -2.40. The molecule has 1 aliphatic rings. The Hall–Kier alpha value is -3.68. The Morgan fingerprint density at radius 3 is 2.32 bits per heavy atom. The maximum atomic E-state index is 12.8. The molecule has 3 aromatic rings. The van der Waals surface area contributed by atoms with Crippen molar-refractivity contribution in [3.05, 3.63) is 53.0 Å². The van der Waals surface area contributed by atoms with Crippen molar-refractivity contribution in [2.75, 3.05) is 32.6 Å². The number of rotatable bonds is 7. The second-order valence-corrected chi connectivity index (χ2v) is 13.8. The Balaban J connectivity index is 1.52. The van der Waals surface area contributed by atoms with Gasteiger partial charge in [-0.15, -0.1) is 11.3 Å². The summed E-state index contributed by atoms with van der Waals surface area (Å²) in [4.78, 5) is 31.0. The minimum Gasteiger partial charge on any atom is -0.460 e. The molecule has 0 bridgehead atoms. The Morgan fingerprint density at radius 2 is 1.71 bits per heavy atom. The SMILES string of the molecule is CC(C)(C)OC(=O)CC(=N)OC(=N)C(c1nc2ccc(-c3ccc(C(=O)N4CCOCC4)cc3)cc2s1)S(C)(=O)=O. The van der Waals surface area contributed by atoms with Crippen molar-refractivity contribution in [3.8, 4) is 11.1 Å². The van der Waals surface area contributed by atoms with E-state index in [4.69, 9.17) is 25.0 Å². The Morgan fingerprint density at radius 1 is 1.07 bits per heavy atom. The summed E-state index contributed by atoms with van der Waals surface area (Å²) in [6.07, 6.45) is 0.417. The van der Waals surface area contributed by atoms with Crippen LogP contribution in [0.5, 0.6) is 0 Å². The average Bonchev–Trinajstić information content (AvgIpc) is 3.29. The zero-order chi connectivity index (χ0) is 29.9. The molecule has 1 unspecified atom stereocenters. The van der Waals surface area contributed by atoms with E-state index in [1.165, 1.54) is 0 Å². The van der Waals surface area contributed by atoms with Gasteiger partial charge >= 0.3 is 5.97 Å². The number of amides is 1. The van der Waals surface area contributed by atoms with Crippen LogP contribution in [0.25, 0.3) is 21.3 Å². The van der Waals surface area contributed by atoms with Crippen LogP contribution >= 0.6 is 11.3 Å². The van der Waals surface area contributed by atoms with E-state index >= 15 is 0 Å². The lowest BCUT2D eigenvalue weighted by atomic mass is 10.0. The minimum atomic E-state index is -3.91. The molecule has 1 atom stereocenters. The van der Waals surface area contributed by atoms with Gasteiger partial charge in [0.25, 0.3) is 5.91 Å². The highest BCUT2D eigenvalue weighted by atomic mass is 32.2. The van der Waals surface area contributed by atoms with Crippen LogP contribution in [-0.4, -0.2) is 80.1 Å². The van der Waals surface area contributed by atoms with E-state index in [1.807, 2.05) is 24.3 Å². The van der Waals surface area contributed by atoms with Crippen LogP contribution in [0, 0.1) is 10.8 Å². The number of nitrogens with zero attached hydrogens (tertiary/aromatic N) is 2. The molecule has 0 saturated carbocycles. The number of esters is 1. The number of benzene rings is 2. The average molecular weight is 601 g/mol. The number of carbonyl (C=O) groups is 2. The van der Waals surface area contributed by atoms with E-state index in [9.17, 15) is 18.0 Å². The van der Waals surface area contributed by atoms with Crippen molar-refractivity contribution < 1.29 is 32.2 Å². The Labute approximate surface area is 242 Å². The number of ether oxygens (including phenoxy) is 3. The summed E-state index contributed by atoms with van der Waals surface area (Å²) in [7, 11) is -3.91. The van der Waals surface area contributed by atoms with Gasteiger partial charge in [0, 0.05) is 24.9 Å². The molecule has 2 N–H and O–H groups in total. The summed E-state index contributed by atoms with van der Waals surface area (Å²) in [6.45, 7) is 7.22. The fraction of sp³-hybridized carbons (Fsp3) is 0.393. The van der Waals surface area contributed by atoms with Gasteiger partial charge in [0.1, 0.15) is 17.0 Å². The number of nitrogens with one attached hydrogen (secondary N) is 2. The van der Waals surface area contributed by atoms with Gasteiger partial charge in [-0.05, 0) is 56.2 Å². The fourth-order valence-corrected chi connectivity index (χ4v) is 6.72. The lowest BCUT2D eigenvalue weighted by molar-refractivity contribution is -0.153. The summed E-state index contributed by atoms with van der Waals surface area (Å²) in [6, 6.07) is 12.7. The van der Waals surface area contributed by atoms with Crippen LogP contribution in [0.3, 0.4) is 0 Å². The molecule has 2 heterocycles. The highest BCUT2D eigenvalue weighted by molar-refractivity contribution is 7.91. The quantitative estimate of drug-likeness (QED) is 0.232. The van der Waals surface area contributed by atoms with Crippen molar-refractivity contribution in [1.82, 2.24) is 9.88 Å². The first kappa shape index (κ1) is 30.3. The van der Waals surface area contributed by atoms with Gasteiger partial charge in [-0.25, -0.2) is 13.4 Å². The molecule has 0 spiro atoms. The van der Waals surface area contributed by atoms with E-state index in [2.05, 4.69) is 4.98 Å². The van der Waals surface area contributed by atoms with Gasteiger partial charge in [0.2, 0.25) is 5.90 Å². The van der Waals surface area contributed by atoms with Crippen molar-refractivity contribution in [1.29, 1.82) is 10.8 Å². The number of fused-ring (bicyclic) bond motifs is 1. The highest BCUT2D eigenvalue weighted by Gasteiger charge is 2.34. The number of hydrogen-bond acceptors (Lipinski definition) is 11. The second-order valence-electron chi connectivity index (χ2n) is 10.6. The third-order valence-corrected chi connectivity index (χ3v) is 8.54. The summed E-state index contributed by atoms with van der Waals surface area (Å²) < 4.78 is 41.7. The number of morpholine rings is 1. The number of aromatic nitrogens is 1. The second kappa shape index (κ2) is 12.0. The van der Waals surface area contributed by atoms with Crippen LogP contribution in [0.4, 0.5) is 0 Å². The first-order valence-electron chi connectivity index (χ1n) is 12.8. The van der Waals surface area contributed by atoms with Gasteiger partial charge in [-0.2, -0.15) is 0 Å². The molecule has 1 saturated heterocycles. The lowest BCUT2D eigenvalue weighted by Gasteiger charge is -2.26. The van der Waals surface area contributed by atoms with Crippen molar-refractivity contribution in [3.63, 3.8) is 0 Å². The Kier molecular flexibility index (Phi) is 8.90. The van der Waals surface area contributed by atoms with Gasteiger partial charge < -0.3 is 19.1 Å². The Bertz CT molecular complexity index is 1590. The molecular formula is C28H32N4O7S2. The van der Waals surface area contributed by atoms with Crippen molar-refractivity contribution >= 4 is 55.1 Å². The predicted molar refractivity (Wildman–Crippen MR) is 156 cm³/mol. The first-order valence-corrected chi connectivity index (χ1v) is 15.6. The number of sulfone groups is 1. The van der Waals surface area contributed by atoms with Crippen LogP contribution < -0.4 is 0 Å². The third kappa shape index (κ3) is 7.75. The molecule has 41 heavy (non-hydrogen) atoms. The van der Waals surface area contributed by atoms with Crippen LogP contribution in [0.1, 0.15) is 47.8 Å². The number of thiazole rings is 1. The summed E-state index contributed by atoms with van der Waals surface area (Å²) in [5.41, 5.74) is 2.08. The smallest absolute Gasteiger partial charge is 0.315 e. The van der Waals surface area contributed by atoms with Gasteiger partial charge in [-0.3, -0.25) is 20.4 Å². The summed E-state index contributed by atoms with van der Waals surface area (Å²) in [5.74, 6) is -2.09. The van der Waals surface area contributed by atoms with Gasteiger partial charge in [-0.1, -0.05) is 18.2 Å². The van der Waals surface area contributed by atoms with E-state index in [0.717, 1.165) is 28.7 Å². The normalized spacial score (nSPS) is 14.9. The molecule has 13 heteroatoms. The number of carbonyl (C=O) groups excluding carboxylic acids is 2. The maximum absolute atomic E-state index is 12.8. The molecule has 0 radical (unpaired) electrons. The molecule has 1 fully saturated rings. The molecular weight excluding hydrogens is 568 g/mol. The molecule has 2 aromatic carbocycles. The van der Waals surface area contributed by atoms with E-state index < -0.39 is 44.9 Å². The van der Waals surface area contributed by atoms with Crippen molar-refractivity contribution in [2.45, 2.75) is 38.0 Å². The van der Waals surface area contributed by atoms with Gasteiger partial charge in [0.15, 0.2) is 21.0 Å². The van der Waals surface area contributed by atoms with Crippen LogP contribution in [0.2, 0.25) is 0 Å². The topological polar surface area (TPSA) is 160 Å². The summed E-state index contributed by atoms with van der Waals surface area (Å²) in [5, 5.41) is 14.8. The first-order chi connectivity index (χ1) is 19.2. The molecule has 1 amide bonds. The number of hydrogen-bond donors (Lipinski definition) is 2. The van der Waals surface area contributed by atoms with E-state index in [-0.39, 0.29) is 10.9 Å². The molecule has 11 nitrogen and oxygen atoms in total. The van der Waals surface area contributed by atoms with Gasteiger partial charge in [0.05, 0.1) is 23.4 Å². The minimum absolute atomic E-state index is 0.0435. The standard InChI is InChI=1S/C28H32N4O7S2/c1-28(2,3)39-23(33)16-22(29)38-25(30)24(41(4,35)36)26-31-20-10-9-19(15-21(20)40-26)17-5-7-18(8-6-17)27(34)32-11-13-37-14-12-32/h5-10,15,24,29-30H,11-14,16H2,1-4H3. The van der Waals surface area contributed by atoms with Crippen molar-refractivity contribution in [2.24, 2.45) is 0 Å². The zero-order valence-electron chi connectivity index (χ0n) is 23.2. The van der Waals surface area contributed by atoms with E-state index in [1.54, 1.807) is 43.9 Å². The highest BCUT2D eigenvalue weighted by Crippen LogP contribution is 2.34. The van der Waals surface area contributed by atoms with E-state index in [0.29, 0.717) is 42.1 Å². The third-order valence-electron chi connectivity index (χ3n) is 6.02.